The Labute approximate surface area is 188 Å². The molecule has 4 aromatic carbocycles. The van der Waals surface area contributed by atoms with Gasteiger partial charge in [-0.25, -0.2) is 0 Å². The molecule has 4 rings (SSSR count). The fourth-order valence-corrected chi connectivity index (χ4v) is 5.13. The minimum Gasteiger partial charge on any atom is -0.0654 e. The van der Waals surface area contributed by atoms with Crippen LogP contribution in [0.15, 0.2) is 72.8 Å². The van der Waals surface area contributed by atoms with Gasteiger partial charge in [0, 0.05) is 0 Å². The molecule has 0 fully saturated rings. The Balaban J connectivity index is 1.97. The summed E-state index contributed by atoms with van der Waals surface area (Å²) in [5.41, 5.74) is 5.96. The molecule has 0 aromatic heterocycles. The summed E-state index contributed by atoms with van der Waals surface area (Å²) >= 11 is 0. The summed E-state index contributed by atoms with van der Waals surface area (Å²) in [5, 5.41) is 5.45. The van der Waals surface area contributed by atoms with Crippen LogP contribution in [0.25, 0.3) is 32.7 Å². The maximum atomic E-state index is 2.47. The van der Waals surface area contributed by atoms with Gasteiger partial charge in [-0.3, -0.25) is 0 Å². The van der Waals surface area contributed by atoms with Crippen LogP contribution < -0.4 is 0 Å². The topological polar surface area (TPSA) is 0 Å². The molecule has 0 N–H and O–H groups in total. The zero-order valence-corrected chi connectivity index (χ0v) is 19.5. The van der Waals surface area contributed by atoms with Crippen LogP contribution in [0.5, 0.6) is 0 Å². The van der Waals surface area contributed by atoms with Gasteiger partial charge in [0.25, 0.3) is 0 Å². The zero-order valence-electron chi connectivity index (χ0n) is 19.5. The summed E-state index contributed by atoms with van der Waals surface area (Å²) in [6, 6.07) is 27.5. The van der Waals surface area contributed by atoms with E-state index in [0.717, 1.165) is 6.42 Å². The van der Waals surface area contributed by atoms with Crippen LogP contribution in [0.3, 0.4) is 0 Å². The third-order valence-corrected chi connectivity index (χ3v) is 6.93. The standard InChI is InChI=1S/C31H36/c1-4-7-8-9-17-27-21-25-15-10-11-16-26(25)22-30(27)31-28-18-13-12-14-24(28)19-20-29(31)23(5-2)6-3/h10-16,18-23H,4-9,17H2,1-3H3. The second kappa shape index (κ2) is 10.1. The van der Waals surface area contributed by atoms with Crippen molar-refractivity contribution < 1.29 is 0 Å². The van der Waals surface area contributed by atoms with E-state index in [-0.39, 0.29) is 0 Å². The third-order valence-electron chi connectivity index (χ3n) is 6.93. The lowest BCUT2D eigenvalue weighted by molar-refractivity contribution is 0.643. The molecule has 0 heteroatoms. The van der Waals surface area contributed by atoms with Gasteiger partial charge in [-0.05, 0) is 81.5 Å². The monoisotopic (exact) mass is 408 g/mol. The summed E-state index contributed by atoms with van der Waals surface area (Å²) < 4.78 is 0. The lowest BCUT2D eigenvalue weighted by Crippen LogP contribution is -2.02. The van der Waals surface area contributed by atoms with Crippen molar-refractivity contribution >= 4 is 21.5 Å². The SMILES string of the molecule is CCCCCCc1cc2ccccc2cc1-c1c(C(CC)CC)ccc2ccccc12. The van der Waals surface area contributed by atoms with E-state index in [1.165, 1.54) is 82.3 Å². The largest absolute Gasteiger partial charge is 0.0654 e. The van der Waals surface area contributed by atoms with Crippen molar-refractivity contribution in [1.82, 2.24) is 0 Å². The van der Waals surface area contributed by atoms with Gasteiger partial charge in [0.2, 0.25) is 0 Å². The second-order valence-corrected chi connectivity index (χ2v) is 8.93. The molecular formula is C31H36. The van der Waals surface area contributed by atoms with Gasteiger partial charge < -0.3 is 0 Å². The van der Waals surface area contributed by atoms with Crippen molar-refractivity contribution in [3.8, 4) is 11.1 Å². The van der Waals surface area contributed by atoms with Crippen molar-refractivity contribution in [2.24, 2.45) is 0 Å². The molecule has 0 amide bonds. The second-order valence-electron chi connectivity index (χ2n) is 8.93. The summed E-state index contributed by atoms with van der Waals surface area (Å²) in [4.78, 5) is 0. The average Bonchev–Trinajstić information content (AvgIpc) is 2.82. The van der Waals surface area contributed by atoms with Crippen molar-refractivity contribution in [3.05, 3.63) is 83.9 Å². The molecule has 0 saturated carbocycles. The smallest absolute Gasteiger partial charge is 0.00675 e. The van der Waals surface area contributed by atoms with Crippen LogP contribution in [0, 0.1) is 0 Å². The molecule has 0 spiro atoms. The third kappa shape index (κ3) is 4.54. The molecule has 0 saturated heterocycles. The lowest BCUT2D eigenvalue weighted by atomic mass is 9.82. The quantitative estimate of drug-likeness (QED) is 0.242. The Bertz CT molecular complexity index is 1150. The van der Waals surface area contributed by atoms with Crippen molar-refractivity contribution in [2.75, 3.05) is 0 Å². The zero-order chi connectivity index (χ0) is 21.6. The predicted octanol–water partition coefficient (Wildman–Crippen LogP) is 9.69. The minimum atomic E-state index is 0.596. The Hall–Kier alpha value is -2.60. The number of hydrogen-bond donors (Lipinski definition) is 0. The first kappa shape index (κ1) is 21.6. The number of aryl methyl sites for hydroxylation is 1. The van der Waals surface area contributed by atoms with Gasteiger partial charge in [-0.15, -0.1) is 0 Å². The van der Waals surface area contributed by atoms with E-state index in [4.69, 9.17) is 0 Å². The molecule has 0 bridgehead atoms. The van der Waals surface area contributed by atoms with Crippen molar-refractivity contribution in [1.29, 1.82) is 0 Å². The first-order chi connectivity index (χ1) is 15.3. The van der Waals surface area contributed by atoms with Crippen LogP contribution in [-0.2, 0) is 6.42 Å². The molecule has 4 aromatic rings. The number of benzene rings is 4. The van der Waals surface area contributed by atoms with Gasteiger partial charge in [0.1, 0.15) is 0 Å². The Morgan fingerprint density at radius 1 is 0.645 bits per heavy atom. The molecular weight excluding hydrogens is 372 g/mol. The van der Waals surface area contributed by atoms with Crippen LogP contribution in [0.1, 0.15) is 76.3 Å². The maximum absolute atomic E-state index is 2.47. The molecule has 0 aliphatic carbocycles. The van der Waals surface area contributed by atoms with Crippen molar-refractivity contribution in [2.45, 2.75) is 71.6 Å². The summed E-state index contributed by atoms with van der Waals surface area (Å²) in [6.07, 6.45) is 8.72. The van der Waals surface area contributed by atoms with Crippen LogP contribution >= 0.6 is 0 Å². The molecule has 0 aliphatic rings. The molecule has 0 unspecified atom stereocenters. The van der Waals surface area contributed by atoms with Gasteiger partial charge >= 0.3 is 0 Å². The first-order valence-electron chi connectivity index (χ1n) is 12.3. The molecule has 0 aliphatic heterocycles. The number of hydrogen-bond acceptors (Lipinski definition) is 0. The van der Waals surface area contributed by atoms with Crippen LogP contribution in [0.4, 0.5) is 0 Å². The highest BCUT2D eigenvalue weighted by Crippen LogP contribution is 2.41. The van der Waals surface area contributed by atoms with E-state index >= 15 is 0 Å². The maximum Gasteiger partial charge on any atom is -0.00675 e. The molecule has 0 radical (unpaired) electrons. The molecule has 0 heterocycles. The van der Waals surface area contributed by atoms with Gasteiger partial charge in [0.05, 0.1) is 0 Å². The van der Waals surface area contributed by atoms with Crippen molar-refractivity contribution in [3.63, 3.8) is 0 Å². The van der Waals surface area contributed by atoms with Gasteiger partial charge in [0.15, 0.2) is 0 Å². The number of rotatable bonds is 9. The van der Waals surface area contributed by atoms with Gasteiger partial charge in [-0.2, -0.15) is 0 Å². The van der Waals surface area contributed by atoms with Gasteiger partial charge in [-0.1, -0.05) is 107 Å². The fourth-order valence-electron chi connectivity index (χ4n) is 5.13. The van der Waals surface area contributed by atoms with E-state index in [2.05, 4.69) is 93.6 Å². The Kier molecular flexibility index (Phi) is 7.07. The molecule has 31 heavy (non-hydrogen) atoms. The Morgan fingerprint density at radius 3 is 2.03 bits per heavy atom. The highest BCUT2D eigenvalue weighted by atomic mass is 14.2. The normalized spacial score (nSPS) is 11.6. The van der Waals surface area contributed by atoms with E-state index in [9.17, 15) is 0 Å². The number of fused-ring (bicyclic) bond motifs is 2. The molecule has 0 nitrogen and oxygen atoms in total. The minimum absolute atomic E-state index is 0.596. The van der Waals surface area contributed by atoms with E-state index in [1.54, 1.807) is 0 Å². The molecule has 160 valence electrons. The Morgan fingerprint density at radius 2 is 1.32 bits per heavy atom. The molecule has 0 atom stereocenters. The number of unbranched alkanes of at least 4 members (excludes halogenated alkanes) is 3. The summed E-state index contributed by atoms with van der Waals surface area (Å²) in [6.45, 7) is 6.96. The summed E-state index contributed by atoms with van der Waals surface area (Å²) in [7, 11) is 0. The first-order valence-corrected chi connectivity index (χ1v) is 12.3. The van der Waals surface area contributed by atoms with E-state index < -0.39 is 0 Å². The highest BCUT2D eigenvalue weighted by Gasteiger charge is 2.19. The van der Waals surface area contributed by atoms with E-state index in [0.29, 0.717) is 5.92 Å². The fraction of sp³-hybridized carbons (Fsp3) is 0.355. The highest BCUT2D eigenvalue weighted by molar-refractivity contribution is 6.01. The summed E-state index contributed by atoms with van der Waals surface area (Å²) in [5.74, 6) is 0.596. The van der Waals surface area contributed by atoms with Crippen LogP contribution in [0.2, 0.25) is 0 Å². The average molecular weight is 409 g/mol. The van der Waals surface area contributed by atoms with E-state index in [1.807, 2.05) is 0 Å². The lowest BCUT2D eigenvalue weighted by Gasteiger charge is -2.22. The predicted molar refractivity (Wildman–Crippen MR) is 138 cm³/mol. The van der Waals surface area contributed by atoms with Crippen LogP contribution in [-0.4, -0.2) is 0 Å².